The summed E-state index contributed by atoms with van der Waals surface area (Å²) in [5.74, 6) is 0. The minimum absolute atomic E-state index is 0.000176. The van der Waals surface area contributed by atoms with E-state index in [2.05, 4.69) is 15.6 Å². The number of benzene rings is 1. The van der Waals surface area contributed by atoms with Crippen molar-refractivity contribution < 1.29 is 13.2 Å². The number of pyridine rings is 1. The van der Waals surface area contributed by atoms with E-state index in [1.807, 2.05) is 19.1 Å². The van der Waals surface area contributed by atoms with Crippen LogP contribution in [-0.4, -0.2) is 36.8 Å². The highest BCUT2D eigenvalue weighted by molar-refractivity contribution is 7.89. The molecule has 2 N–H and O–H groups in total. The monoisotopic (exact) mass is 416 g/mol. The third-order valence-electron chi connectivity index (χ3n) is 5.36. The molecule has 156 valence electrons. The molecule has 0 radical (unpaired) electrons. The number of carbonyl (C=O) groups is 1. The van der Waals surface area contributed by atoms with Crippen LogP contribution < -0.4 is 10.6 Å². The predicted molar refractivity (Wildman–Crippen MR) is 113 cm³/mol. The van der Waals surface area contributed by atoms with E-state index >= 15 is 0 Å². The third kappa shape index (κ3) is 5.13. The Morgan fingerprint density at radius 3 is 2.48 bits per heavy atom. The highest BCUT2D eigenvalue weighted by atomic mass is 32.2. The second kappa shape index (κ2) is 9.37. The third-order valence-corrected chi connectivity index (χ3v) is 7.33. The number of rotatable bonds is 6. The van der Waals surface area contributed by atoms with Crippen molar-refractivity contribution in [2.75, 3.05) is 12.4 Å². The molecule has 0 spiro atoms. The zero-order valence-electron chi connectivity index (χ0n) is 16.8. The normalized spacial score (nSPS) is 16.4. The van der Waals surface area contributed by atoms with Gasteiger partial charge in [-0.1, -0.05) is 37.5 Å². The van der Waals surface area contributed by atoms with E-state index in [4.69, 9.17) is 0 Å². The Morgan fingerprint density at radius 2 is 1.79 bits per heavy atom. The van der Waals surface area contributed by atoms with Gasteiger partial charge in [0.25, 0.3) is 0 Å². The van der Waals surface area contributed by atoms with Crippen LogP contribution in [0.15, 0.2) is 53.6 Å². The van der Waals surface area contributed by atoms with Crippen molar-refractivity contribution in [3.05, 3.63) is 54.4 Å². The fourth-order valence-electron chi connectivity index (χ4n) is 3.65. The Kier molecular flexibility index (Phi) is 6.87. The second-order valence-corrected chi connectivity index (χ2v) is 9.35. The largest absolute Gasteiger partial charge is 0.330 e. The van der Waals surface area contributed by atoms with Crippen LogP contribution in [0.5, 0.6) is 0 Å². The number of anilines is 1. The number of aromatic nitrogens is 1. The van der Waals surface area contributed by atoms with Gasteiger partial charge in [0, 0.05) is 19.3 Å². The van der Waals surface area contributed by atoms with E-state index in [1.165, 1.54) is 10.4 Å². The van der Waals surface area contributed by atoms with Gasteiger partial charge < -0.3 is 10.6 Å². The van der Waals surface area contributed by atoms with Gasteiger partial charge in [-0.25, -0.2) is 13.2 Å². The van der Waals surface area contributed by atoms with Gasteiger partial charge in [0.1, 0.15) is 4.90 Å². The maximum atomic E-state index is 13.2. The molecule has 3 rings (SSSR count). The zero-order valence-corrected chi connectivity index (χ0v) is 17.7. The van der Waals surface area contributed by atoms with Crippen molar-refractivity contribution in [2.45, 2.75) is 56.0 Å². The molecule has 1 heterocycles. The minimum Gasteiger partial charge on any atom is -0.330 e. The number of sulfonamides is 1. The smallest absolute Gasteiger partial charge is 0.319 e. The van der Waals surface area contributed by atoms with Gasteiger partial charge in [0.05, 0.1) is 17.4 Å². The van der Waals surface area contributed by atoms with E-state index in [9.17, 15) is 13.2 Å². The molecule has 8 heteroatoms. The molecule has 0 aliphatic heterocycles. The fourth-order valence-corrected chi connectivity index (χ4v) is 5.21. The first-order chi connectivity index (χ1) is 13.9. The molecule has 1 atom stereocenters. The quantitative estimate of drug-likeness (QED) is 0.747. The molecule has 29 heavy (non-hydrogen) atoms. The average molecular weight is 417 g/mol. The standard InChI is InChI=1S/C21H28N4O3S/c1-16(18-12-8-9-15-22-18)23-21(26)24-19-13-6-7-14-20(19)29(27,28)25(2)17-10-4-3-5-11-17/h6-9,12-17H,3-5,10-11H2,1-2H3,(H2,23,24,26)/t16-/m0/s1. The molecule has 0 saturated heterocycles. The molecule has 2 amide bonds. The lowest BCUT2D eigenvalue weighted by Gasteiger charge is -2.31. The van der Waals surface area contributed by atoms with Crippen LogP contribution in [0.4, 0.5) is 10.5 Å². The Bertz CT molecular complexity index is 928. The van der Waals surface area contributed by atoms with E-state index in [1.54, 1.807) is 37.5 Å². The van der Waals surface area contributed by atoms with Crippen molar-refractivity contribution in [3.63, 3.8) is 0 Å². The number of nitrogens with zero attached hydrogens (tertiary/aromatic N) is 2. The molecule has 1 aromatic heterocycles. The van der Waals surface area contributed by atoms with Gasteiger partial charge in [0.15, 0.2) is 0 Å². The van der Waals surface area contributed by atoms with E-state index < -0.39 is 16.1 Å². The van der Waals surface area contributed by atoms with Gasteiger partial charge in [0.2, 0.25) is 10.0 Å². The molecule has 1 aliphatic carbocycles. The van der Waals surface area contributed by atoms with Gasteiger partial charge >= 0.3 is 6.03 Å². The van der Waals surface area contributed by atoms with Crippen LogP contribution >= 0.6 is 0 Å². The number of nitrogens with one attached hydrogen (secondary N) is 2. The zero-order chi connectivity index (χ0) is 20.9. The summed E-state index contributed by atoms with van der Waals surface area (Å²) in [5.41, 5.74) is 0.987. The van der Waals surface area contributed by atoms with Crippen LogP contribution in [0.1, 0.15) is 50.8 Å². The van der Waals surface area contributed by atoms with Crippen molar-refractivity contribution >= 4 is 21.7 Å². The van der Waals surface area contributed by atoms with Crippen molar-refractivity contribution in [2.24, 2.45) is 0 Å². The van der Waals surface area contributed by atoms with Crippen molar-refractivity contribution in [1.82, 2.24) is 14.6 Å². The molecule has 0 unspecified atom stereocenters. The van der Waals surface area contributed by atoms with Gasteiger partial charge in [-0.3, -0.25) is 4.98 Å². The summed E-state index contributed by atoms with van der Waals surface area (Å²) < 4.78 is 27.9. The maximum Gasteiger partial charge on any atom is 0.319 e. The van der Waals surface area contributed by atoms with Crippen LogP contribution in [0, 0.1) is 0 Å². The van der Waals surface area contributed by atoms with Crippen LogP contribution in [0.3, 0.4) is 0 Å². The van der Waals surface area contributed by atoms with Crippen LogP contribution in [0.25, 0.3) is 0 Å². The first-order valence-corrected chi connectivity index (χ1v) is 11.4. The SMILES string of the molecule is C[C@H](NC(=O)Nc1ccccc1S(=O)(=O)N(C)C1CCCCC1)c1ccccn1. The van der Waals surface area contributed by atoms with Crippen LogP contribution in [-0.2, 0) is 10.0 Å². The number of hydrogen-bond acceptors (Lipinski definition) is 4. The Balaban J connectivity index is 1.75. The number of hydrogen-bond donors (Lipinski definition) is 2. The summed E-state index contributed by atoms with van der Waals surface area (Å²) in [6.45, 7) is 1.82. The number of carbonyl (C=O) groups excluding carboxylic acids is 1. The number of para-hydroxylation sites is 1. The number of urea groups is 1. The summed E-state index contributed by atoms with van der Waals surface area (Å²) in [6.07, 6.45) is 6.63. The fraction of sp³-hybridized carbons (Fsp3) is 0.429. The molecule has 7 nitrogen and oxygen atoms in total. The number of amides is 2. The van der Waals surface area contributed by atoms with E-state index in [0.717, 1.165) is 37.8 Å². The molecule has 0 bridgehead atoms. The highest BCUT2D eigenvalue weighted by Gasteiger charge is 2.31. The predicted octanol–water partition coefficient (Wildman–Crippen LogP) is 3.92. The summed E-state index contributed by atoms with van der Waals surface area (Å²) >= 11 is 0. The lowest BCUT2D eigenvalue weighted by Crippen LogP contribution is -2.39. The molecular formula is C21H28N4O3S. The minimum atomic E-state index is -3.72. The summed E-state index contributed by atoms with van der Waals surface area (Å²) in [4.78, 5) is 16.8. The van der Waals surface area contributed by atoms with Gasteiger partial charge in [-0.05, 0) is 44.0 Å². The molecular weight excluding hydrogens is 388 g/mol. The molecule has 1 aromatic carbocycles. The summed E-state index contributed by atoms with van der Waals surface area (Å²) in [5, 5.41) is 5.49. The topological polar surface area (TPSA) is 91.4 Å². The lowest BCUT2D eigenvalue weighted by atomic mass is 9.96. The van der Waals surface area contributed by atoms with Crippen molar-refractivity contribution in [1.29, 1.82) is 0 Å². The van der Waals surface area contributed by atoms with E-state index in [-0.39, 0.29) is 22.7 Å². The maximum absolute atomic E-state index is 13.2. The van der Waals surface area contributed by atoms with Crippen LogP contribution in [0.2, 0.25) is 0 Å². The van der Waals surface area contributed by atoms with E-state index in [0.29, 0.717) is 0 Å². The first kappa shape index (κ1) is 21.3. The second-order valence-electron chi connectivity index (χ2n) is 7.38. The van der Waals surface area contributed by atoms with Gasteiger partial charge in [-0.2, -0.15) is 4.31 Å². The highest BCUT2D eigenvalue weighted by Crippen LogP contribution is 2.29. The summed E-state index contributed by atoms with van der Waals surface area (Å²) in [7, 11) is -2.09. The van der Waals surface area contributed by atoms with Crippen molar-refractivity contribution in [3.8, 4) is 0 Å². The molecule has 1 aliphatic rings. The Labute approximate surface area is 172 Å². The molecule has 1 fully saturated rings. The van der Waals surface area contributed by atoms with Gasteiger partial charge in [-0.15, -0.1) is 0 Å². The Hall–Kier alpha value is -2.45. The first-order valence-electron chi connectivity index (χ1n) is 9.95. The summed E-state index contributed by atoms with van der Waals surface area (Å²) in [6, 6.07) is 11.2. The Morgan fingerprint density at radius 1 is 1.10 bits per heavy atom. The molecule has 1 saturated carbocycles. The average Bonchev–Trinajstić information content (AvgIpc) is 2.74. The molecule has 2 aromatic rings. The lowest BCUT2D eigenvalue weighted by molar-refractivity contribution is 0.249.